The van der Waals surface area contributed by atoms with Gasteiger partial charge < -0.3 is 10.2 Å². The maximum Gasteiger partial charge on any atom is 0.201 e. The van der Waals surface area contributed by atoms with E-state index in [0.717, 1.165) is 5.57 Å². The van der Waals surface area contributed by atoms with Crippen LogP contribution >= 0.6 is 0 Å². The molecule has 0 saturated carbocycles. The first-order chi connectivity index (χ1) is 5.95. The van der Waals surface area contributed by atoms with Gasteiger partial charge in [0.25, 0.3) is 0 Å². The molecule has 0 spiro atoms. The highest BCUT2D eigenvalue weighted by atomic mass is 16.3. The monoisotopic (exact) mass is 181 g/mol. The molecular weight excluding hydrogens is 166 g/mol. The van der Waals surface area contributed by atoms with E-state index in [1.165, 1.54) is 10.6 Å². The number of aromatic hydroxyl groups is 2. The van der Waals surface area contributed by atoms with Gasteiger partial charge >= 0.3 is 0 Å². The molecule has 0 amide bonds. The predicted octanol–water partition coefficient (Wildman–Crippen LogP) is 2.51. The zero-order valence-corrected chi connectivity index (χ0v) is 8.20. The Morgan fingerprint density at radius 1 is 1.46 bits per heavy atom. The fourth-order valence-electron chi connectivity index (χ4n) is 1.32. The van der Waals surface area contributed by atoms with Crippen molar-refractivity contribution in [3.8, 4) is 11.8 Å². The molecular formula is C10H15NO2. The molecule has 1 aromatic heterocycles. The Morgan fingerprint density at radius 3 is 2.23 bits per heavy atom. The summed E-state index contributed by atoms with van der Waals surface area (Å²) in [6, 6.07) is 1.56. The summed E-state index contributed by atoms with van der Waals surface area (Å²) in [6.07, 6.45) is 0. The number of hydrogen-bond donors (Lipinski definition) is 2. The Hall–Kier alpha value is -1.38. The van der Waals surface area contributed by atoms with Gasteiger partial charge in [-0.25, -0.2) is 0 Å². The van der Waals surface area contributed by atoms with E-state index in [1.54, 1.807) is 6.92 Å². The van der Waals surface area contributed by atoms with Crippen molar-refractivity contribution in [1.29, 1.82) is 0 Å². The first-order valence-electron chi connectivity index (χ1n) is 4.24. The molecule has 2 N–H and O–H groups in total. The third kappa shape index (κ3) is 1.54. The SMILES string of the molecule is C=C(C)c1cc(O)n(C(C)C)c1O. The van der Waals surface area contributed by atoms with Crippen LogP contribution in [0.3, 0.4) is 0 Å². The largest absolute Gasteiger partial charge is 0.494 e. The normalized spacial score (nSPS) is 10.8. The molecule has 1 aromatic rings. The maximum absolute atomic E-state index is 9.69. The fraction of sp³-hybridized carbons (Fsp3) is 0.400. The summed E-state index contributed by atoms with van der Waals surface area (Å²) >= 11 is 0. The van der Waals surface area contributed by atoms with Crippen LogP contribution < -0.4 is 0 Å². The summed E-state index contributed by atoms with van der Waals surface area (Å²) in [5.74, 6) is 0.158. The van der Waals surface area contributed by atoms with Crippen LogP contribution in [-0.4, -0.2) is 14.8 Å². The minimum atomic E-state index is 0.0353. The van der Waals surface area contributed by atoms with Gasteiger partial charge in [0.1, 0.15) is 0 Å². The summed E-state index contributed by atoms with van der Waals surface area (Å²) in [5, 5.41) is 19.2. The summed E-state index contributed by atoms with van der Waals surface area (Å²) in [5.41, 5.74) is 1.35. The lowest BCUT2D eigenvalue weighted by Crippen LogP contribution is -1.98. The lowest BCUT2D eigenvalue weighted by atomic mass is 10.2. The predicted molar refractivity (Wildman–Crippen MR) is 52.9 cm³/mol. The van der Waals surface area contributed by atoms with Crippen LogP contribution in [0.2, 0.25) is 0 Å². The summed E-state index contributed by atoms with van der Waals surface area (Å²) in [7, 11) is 0. The van der Waals surface area contributed by atoms with E-state index in [1.807, 2.05) is 13.8 Å². The summed E-state index contributed by atoms with van der Waals surface area (Å²) in [4.78, 5) is 0. The summed E-state index contributed by atoms with van der Waals surface area (Å²) < 4.78 is 1.46. The van der Waals surface area contributed by atoms with Crippen molar-refractivity contribution in [2.45, 2.75) is 26.8 Å². The molecule has 0 atom stereocenters. The van der Waals surface area contributed by atoms with E-state index in [0.29, 0.717) is 5.56 Å². The molecule has 3 heteroatoms. The van der Waals surface area contributed by atoms with E-state index in [2.05, 4.69) is 6.58 Å². The van der Waals surface area contributed by atoms with Crippen molar-refractivity contribution in [2.24, 2.45) is 0 Å². The van der Waals surface area contributed by atoms with Crippen LogP contribution in [-0.2, 0) is 0 Å². The zero-order valence-electron chi connectivity index (χ0n) is 8.20. The molecule has 3 nitrogen and oxygen atoms in total. The van der Waals surface area contributed by atoms with E-state index in [-0.39, 0.29) is 17.8 Å². The van der Waals surface area contributed by atoms with Crippen molar-refractivity contribution in [3.63, 3.8) is 0 Å². The topological polar surface area (TPSA) is 45.4 Å². The fourth-order valence-corrected chi connectivity index (χ4v) is 1.32. The van der Waals surface area contributed by atoms with Crippen molar-refractivity contribution < 1.29 is 10.2 Å². The molecule has 0 aromatic carbocycles. The summed E-state index contributed by atoms with van der Waals surface area (Å²) in [6.45, 7) is 9.29. The highest BCUT2D eigenvalue weighted by Gasteiger charge is 2.15. The molecule has 0 radical (unpaired) electrons. The number of nitrogens with zero attached hydrogens (tertiary/aromatic N) is 1. The van der Waals surface area contributed by atoms with E-state index in [4.69, 9.17) is 0 Å². The van der Waals surface area contributed by atoms with Crippen molar-refractivity contribution >= 4 is 5.57 Å². The van der Waals surface area contributed by atoms with Crippen LogP contribution in [0, 0.1) is 0 Å². The molecule has 0 bridgehead atoms. The van der Waals surface area contributed by atoms with Crippen LogP contribution in [0.5, 0.6) is 11.8 Å². The first kappa shape index (κ1) is 9.71. The molecule has 0 aliphatic carbocycles. The van der Waals surface area contributed by atoms with Gasteiger partial charge in [0.05, 0.1) is 0 Å². The molecule has 1 heterocycles. The average molecular weight is 181 g/mol. The Balaban J connectivity index is 3.30. The molecule has 13 heavy (non-hydrogen) atoms. The van der Waals surface area contributed by atoms with Crippen LogP contribution in [0.4, 0.5) is 0 Å². The molecule has 0 fully saturated rings. The second-order valence-corrected chi connectivity index (χ2v) is 3.48. The molecule has 1 rings (SSSR count). The Labute approximate surface area is 77.9 Å². The van der Waals surface area contributed by atoms with Crippen LogP contribution in [0.15, 0.2) is 12.6 Å². The molecule has 0 aliphatic rings. The minimum absolute atomic E-state index is 0.0353. The van der Waals surface area contributed by atoms with Crippen molar-refractivity contribution in [2.75, 3.05) is 0 Å². The standard InChI is InChI=1S/C10H15NO2/c1-6(2)8-5-9(12)11(7(3)4)10(8)13/h5,7,12-13H,1H2,2-4H3. The smallest absolute Gasteiger partial charge is 0.201 e. The van der Waals surface area contributed by atoms with E-state index in [9.17, 15) is 10.2 Å². The van der Waals surface area contributed by atoms with Crippen molar-refractivity contribution in [1.82, 2.24) is 4.57 Å². The first-order valence-corrected chi connectivity index (χ1v) is 4.24. The molecule has 72 valence electrons. The number of hydrogen-bond acceptors (Lipinski definition) is 2. The van der Waals surface area contributed by atoms with Gasteiger partial charge in [-0.1, -0.05) is 6.58 Å². The van der Waals surface area contributed by atoms with Gasteiger partial charge in [0, 0.05) is 17.7 Å². The third-order valence-electron chi connectivity index (χ3n) is 1.97. The zero-order chi connectivity index (χ0) is 10.2. The van der Waals surface area contributed by atoms with Gasteiger partial charge in [-0.3, -0.25) is 4.57 Å². The quantitative estimate of drug-likeness (QED) is 0.736. The maximum atomic E-state index is 9.69. The van der Waals surface area contributed by atoms with Crippen LogP contribution in [0.25, 0.3) is 5.57 Å². The van der Waals surface area contributed by atoms with Gasteiger partial charge in [0.2, 0.25) is 5.88 Å². The highest BCUT2D eigenvalue weighted by molar-refractivity contribution is 5.67. The number of rotatable bonds is 2. The molecule has 0 aliphatic heterocycles. The van der Waals surface area contributed by atoms with Gasteiger partial charge in [-0.15, -0.1) is 0 Å². The minimum Gasteiger partial charge on any atom is -0.494 e. The van der Waals surface area contributed by atoms with Crippen molar-refractivity contribution in [3.05, 3.63) is 18.2 Å². The Kier molecular flexibility index (Phi) is 2.36. The highest BCUT2D eigenvalue weighted by Crippen LogP contribution is 2.34. The van der Waals surface area contributed by atoms with E-state index >= 15 is 0 Å². The lowest BCUT2D eigenvalue weighted by Gasteiger charge is -2.10. The Bertz CT molecular complexity index is 337. The average Bonchev–Trinajstić information content (AvgIpc) is 2.26. The second-order valence-electron chi connectivity index (χ2n) is 3.48. The Morgan fingerprint density at radius 2 is 2.00 bits per heavy atom. The molecule has 0 saturated heterocycles. The van der Waals surface area contributed by atoms with Gasteiger partial charge in [-0.05, 0) is 26.3 Å². The third-order valence-corrected chi connectivity index (χ3v) is 1.97. The number of allylic oxidation sites excluding steroid dienone is 1. The lowest BCUT2D eigenvalue weighted by molar-refractivity contribution is 0.349. The van der Waals surface area contributed by atoms with E-state index < -0.39 is 0 Å². The molecule has 0 unspecified atom stereocenters. The van der Waals surface area contributed by atoms with Gasteiger partial charge in [0.15, 0.2) is 5.88 Å². The van der Waals surface area contributed by atoms with Crippen LogP contribution in [0.1, 0.15) is 32.4 Å². The number of aromatic nitrogens is 1. The van der Waals surface area contributed by atoms with Gasteiger partial charge in [-0.2, -0.15) is 0 Å². The second kappa shape index (κ2) is 3.17.